The third-order valence-electron chi connectivity index (χ3n) is 19.7. The lowest BCUT2D eigenvalue weighted by Crippen LogP contribution is -2.54. The highest BCUT2D eigenvalue weighted by atomic mass is 16.7. The number of phenols is 1. The Balaban J connectivity index is 0.954. The number of hydrogen-bond donors (Lipinski definition) is 11. The van der Waals surface area contributed by atoms with Crippen molar-refractivity contribution in [3.63, 3.8) is 0 Å². The van der Waals surface area contributed by atoms with E-state index in [0.717, 1.165) is 10.5 Å². The number of amides is 8. The lowest BCUT2D eigenvalue weighted by atomic mass is 9.78. The van der Waals surface area contributed by atoms with Crippen molar-refractivity contribution < 1.29 is 77.7 Å². The molecule has 0 spiro atoms. The zero-order valence-electron chi connectivity index (χ0n) is 57.9. The largest absolute Gasteiger partial charge is 0.507 e. The molecule has 27 heteroatoms. The van der Waals surface area contributed by atoms with Gasteiger partial charge < -0.3 is 81.4 Å². The number of carbonyl (C=O) groups is 7. The number of imide groups is 1. The molecule has 0 unspecified atom stereocenters. The van der Waals surface area contributed by atoms with Crippen LogP contribution in [0.25, 0.3) is 38.7 Å². The Morgan fingerprint density at radius 1 is 0.830 bits per heavy atom. The number of ether oxygens (including phenoxy) is 3. The summed E-state index contributed by atoms with van der Waals surface area (Å²) >= 11 is 0. The number of aliphatic hydroxyl groups excluding tert-OH is 4. The highest BCUT2D eigenvalue weighted by Gasteiger charge is 2.44. The normalized spacial score (nSPS) is 25.0. The van der Waals surface area contributed by atoms with Crippen LogP contribution in [0, 0.1) is 36.5 Å². The number of benzene rings is 4. The average molecular weight is 1380 g/mol. The van der Waals surface area contributed by atoms with Gasteiger partial charge in [-0.1, -0.05) is 78.3 Å². The van der Waals surface area contributed by atoms with E-state index in [1.54, 1.807) is 71.9 Å². The molecule has 12 N–H and O–H groups in total. The first-order valence-corrected chi connectivity index (χ1v) is 33.9. The third kappa shape index (κ3) is 16.1. The molecule has 4 aromatic carbocycles. The number of aliphatic hydroxyl groups is 4. The Labute approximate surface area is 577 Å². The van der Waals surface area contributed by atoms with Crippen LogP contribution >= 0.6 is 0 Å². The minimum absolute atomic E-state index is 0.0157. The minimum Gasteiger partial charge on any atom is -0.507 e. The molecular weight excluding hydrogens is 1290 g/mol. The van der Waals surface area contributed by atoms with E-state index in [-0.39, 0.29) is 117 Å². The monoisotopic (exact) mass is 1380 g/mol. The molecule has 5 aromatic rings. The molecule has 100 heavy (non-hydrogen) atoms. The number of nitrogens with one attached hydrogen (secondary N) is 5. The number of nitrogens with two attached hydrogens (primary N) is 1. The fourth-order valence-electron chi connectivity index (χ4n) is 13.4. The number of aromatic hydroxyl groups is 1. The van der Waals surface area contributed by atoms with Crippen LogP contribution < -0.4 is 58.0 Å². The summed E-state index contributed by atoms with van der Waals surface area (Å²) in [7, 11) is 1.42. The van der Waals surface area contributed by atoms with Crippen molar-refractivity contribution in [1.29, 1.82) is 0 Å². The van der Waals surface area contributed by atoms with Gasteiger partial charge in [0.25, 0.3) is 17.7 Å². The Hall–Kier alpha value is -9.70. The first-order chi connectivity index (χ1) is 47.4. The van der Waals surface area contributed by atoms with Crippen LogP contribution in [-0.4, -0.2) is 152 Å². The minimum atomic E-state index is -2.03. The highest BCUT2D eigenvalue weighted by Crippen LogP contribution is 2.43. The molecule has 4 bridgehead atoms. The van der Waals surface area contributed by atoms with Crippen LogP contribution in [0.4, 0.5) is 21.9 Å². The van der Waals surface area contributed by atoms with Gasteiger partial charge in [0, 0.05) is 122 Å². The number of unbranched alkanes of at least 4 members (excludes halogenated alkanes) is 2. The number of primary amides is 1. The molecule has 0 saturated carbocycles. The van der Waals surface area contributed by atoms with Crippen molar-refractivity contribution in [3.8, 4) is 11.5 Å². The van der Waals surface area contributed by atoms with Gasteiger partial charge in [-0.3, -0.25) is 43.3 Å². The number of methoxy groups -OCH3 is 1. The Morgan fingerprint density at radius 2 is 1.50 bits per heavy atom. The molecule has 4 aliphatic heterocycles. The summed E-state index contributed by atoms with van der Waals surface area (Å²) in [5, 5.41) is 71.7. The van der Waals surface area contributed by atoms with Crippen molar-refractivity contribution in [1.82, 2.24) is 25.8 Å². The zero-order valence-corrected chi connectivity index (χ0v) is 57.9. The van der Waals surface area contributed by atoms with Crippen LogP contribution in [0.5, 0.6) is 11.5 Å². The summed E-state index contributed by atoms with van der Waals surface area (Å²) in [6, 6.07) is 7.49. The second-order valence-electron chi connectivity index (χ2n) is 27.1. The number of anilines is 3. The molecule has 27 nitrogen and oxygen atoms in total. The zero-order chi connectivity index (χ0) is 72.8. The predicted molar refractivity (Wildman–Crippen MR) is 375 cm³/mol. The van der Waals surface area contributed by atoms with Crippen LogP contribution in [0.15, 0.2) is 98.7 Å². The molecule has 1 aromatic heterocycles. The number of urea groups is 1. The smallest absolute Gasteiger partial charge is 0.312 e. The van der Waals surface area contributed by atoms with Gasteiger partial charge in [-0.05, 0) is 88.0 Å². The van der Waals surface area contributed by atoms with E-state index >= 15 is 4.79 Å². The molecule has 4 aliphatic rings. The quantitative estimate of drug-likeness (QED) is 0.0199. The van der Waals surface area contributed by atoms with E-state index in [1.807, 2.05) is 17.0 Å². The van der Waals surface area contributed by atoms with Crippen molar-refractivity contribution in [2.24, 2.45) is 35.3 Å². The number of phenolic OH excluding ortho intramolecular Hbond substituents is 1. The van der Waals surface area contributed by atoms with E-state index in [0.29, 0.717) is 56.6 Å². The number of fused-ring (bicyclic) bond motifs is 2. The molecular formula is C73H91N9O18. The maximum Gasteiger partial charge on any atom is 0.312 e. The molecule has 536 valence electrons. The summed E-state index contributed by atoms with van der Waals surface area (Å²) in [5.41, 5.74) is 4.58. The lowest BCUT2D eigenvalue weighted by molar-refractivity contribution is -0.137. The number of nitrogens with zero attached hydrogens (tertiary/aromatic N) is 3. The number of aromatic nitrogens is 1. The molecule has 1 fully saturated rings. The number of hydrogen-bond acceptors (Lipinski definition) is 20. The maximum atomic E-state index is 15.1. The van der Waals surface area contributed by atoms with E-state index in [1.165, 1.54) is 64.5 Å². The average Bonchev–Trinajstić information content (AvgIpc) is 1.38. The SMILES string of the molecule is CO[C@H]1/C=C/O[C@@]2(C)Oc3c(C)c(O)c4c(=O)c(c5oc6cc(N7CCC(c8ccc(NC(=O)[C@H](CCCNC(N)=O)NC(=O)[C@@H](NC(=O)CCCCCN9C(=O)C=CC9=O)C(C)C)cc8)CC7)cc(=O)c6nc5c4c3=C2O)NC(=O)/C(C)=C\C=C\[C@H](C)[C@H](O)[C@@H](C)[C@@H](O)[C@@H](C)[C@H](O)[C@@H]1C. The van der Waals surface area contributed by atoms with Crippen molar-refractivity contribution in [3.05, 3.63) is 121 Å². The molecule has 1 saturated heterocycles. The number of carbonyl (C=O) groups excluding carboxylic acids is 7. The van der Waals surface area contributed by atoms with Crippen molar-refractivity contribution >= 4 is 97.3 Å². The van der Waals surface area contributed by atoms with Crippen LogP contribution in [0.3, 0.4) is 0 Å². The summed E-state index contributed by atoms with van der Waals surface area (Å²) in [4.78, 5) is 128. The van der Waals surface area contributed by atoms with Gasteiger partial charge in [0.1, 0.15) is 34.8 Å². The van der Waals surface area contributed by atoms with Gasteiger partial charge in [0.2, 0.25) is 28.6 Å². The molecule has 11 atom stereocenters. The van der Waals surface area contributed by atoms with E-state index in [9.17, 15) is 63.9 Å². The fourth-order valence-corrected chi connectivity index (χ4v) is 13.4. The molecule has 9 rings (SSSR count). The molecule has 0 radical (unpaired) electrons. The summed E-state index contributed by atoms with van der Waals surface area (Å²) in [6.07, 6.45) is 8.80. The first-order valence-electron chi connectivity index (χ1n) is 33.9. The van der Waals surface area contributed by atoms with Crippen LogP contribution in [0.2, 0.25) is 0 Å². The van der Waals surface area contributed by atoms with Crippen molar-refractivity contribution in [2.75, 3.05) is 48.8 Å². The standard InChI is InChI=1S/C73H91N9O18/c1-36(2)57(78-51(84)19-12-11-13-30-82-52(85)24-25-53(82)86)71(95)77-47(18-15-29-75-72(74)96)70(94)76-45-22-20-43(21-23-45)44-26-31-81(32-27-44)46-34-48(83)58-50(35-46)99-67-59(79-58)54-55-64(90)42(8)66-56(54)68(92)73(9,100-66)98-33-28-49(97-10)39(5)62(88)41(7)63(89)40(6)61(87)37(3)16-14-17-38(4)69(93)80-60(67)65(55)91/h14,16-17,20-25,28,33-37,39-41,44,47,49,57,61-63,87-90,92H,11-13,15,18-19,26-27,29-32H2,1-10H3,(H,76,94)(H,77,95)(H,78,84)(H,80,93)(H3,74,75,96)/b16-14+,33-28+,38-17-/t37-,39+,40+,41-,47-,49-,57-,61-,62+,63+,73-/m0/s1. The maximum absolute atomic E-state index is 15.1. The predicted octanol–water partition coefficient (Wildman–Crippen LogP) is 5.87. The third-order valence-corrected chi connectivity index (χ3v) is 19.7. The van der Waals surface area contributed by atoms with Crippen molar-refractivity contribution in [2.45, 2.75) is 162 Å². The summed E-state index contributed by atoms with van der Waals surface area (Å²) in [5.74, 6) is -9.28. The first kappa shape index (κ1) is 74.5. The van der Waals surface area contributed by atoms with Gasteiger partial charge in [0.15, 0.2) is 22.4 Å². The lowest BCUT2D eigenvalue weighted by Gasteiger charge is -2.36. The van der Waals surface area contributed by atoms with Gasteiger partial charge in [-0.25, -0.2) is 9.78 Å². The number of piperidine rings is 1. The highest BCUT2D eigenvalue weighted by molar-refractivity contribution is 6.17. The topological polar surface area (TPSA) is 401 Å². The van der Waals surface area contributed by atoms with Gasteiger partial charge in [0.05, 0.1) is 41.3 Å². The molecule has 5 heterocycles. The number of allylic oxidation sites excluding steroid dienone is 2. The van der Waals surface area contributed by atoms with Gasteiger partial charge in [-0.15, -0.1) is 0 Å². The Morgan fingerprint density at radius 3 is 2.16 bits per heavy atom. The van der Waals surface area contributed by atoms with Crippen LogP contribution in [-0.2, 0) is 38.2 Å². The van der Waals surface area contributed by atoms with Gasteiger partial charge >= 0.3 is 11.8 Å². The molecule has 0 aliphatic carbocycles. The fraction of sp³-hybridized carbons (Fsp3) is 0.479. The summed E-state index contributed by atoms with van der Waals surface area (Å²) in [6.45, 7) is 16.0. The van der Waals surface area contributed by atoms with Crippen LogP contribution in [0.1, 0.15) is 124 Å². The Bertz CT molecular complexity index is 4280. The Kier molecular flexibility index (Phi) is 23.6. The van der Waals surface area contributed by atoms with E-state index in [4.69, 9.17) is 29.3 Å². The second kappa shape index (κ2) is 31.7. The van der Waals surface area contributed by atoms with Gasteiger partial charge in [-0.2, -0.15) is 0 Å². The second-order valence-corrected chi connectivity index (χ2v) is 27.1. The summed E-state index contributed by atoms with van der Waals surface area (Å²) < 4.78 is 24.8. The molecule has 8 amide bonds. The van der Waals surface area contributed by atoms with E-state index < -0.39 is 118 Å². The van der Waals surface area contributed by atoms with E-state index in [2.05, 4.69) is 26.6 Å². The number of rotatable bonds is 19.